The van der Waals surface area contributed by atoms with Crippen molar-refractivity contribution < 1.29 is 14.3 Å². The second-order valence-electron chi connectivity index (χ2n) is 4.95. The van der Waals surface area contributed by atoms with E-state index < -0.39 is 5.44 Å². The molecule has 1 unspecified atom stereocenters. The highest BCUT2D eigenvalue weighted by Gasteiger charge is 2.15. The third-order valence-corrected chi connectivity index (χ3v) is 3.48. The van der Waals surface area contributed by atoms with E-state index >= 15 is 0 Å². The van der Waals surface area contributed by atoms with E-state index in [-0.39, 0.29) is 5.91 Å². The van der Waals surface area contributed by atoms with Crippen molar-refractivity contribution in [3.05, 3.63) is 35.5 Å². The van der Waals surface area contributed by atoms with Gasteiger partial charge in [-0.1, -0.05) is 0 Å². The number of methoxy groups -OCH3 is 1. The molecule has 0 radical (unpaired) electrons. The zero-order valence-electron chi connectivity index (χ0n) is 12.9. The van der Waals surface area contributed by atoms with E-state index in [9.17, 15) is 4.79 Å². The number of aromatic nitrogens is 1. The van der Waals surface area contributed by atoms with Crippen molar-refractivity contribution in [2.75, 3.05) is 13.7 Å². The molecule has 0 aliphatic carbocycles. The summed E-state index contributed by atoms with van der Waals surface area (Å²) in [5.74, 6) is 0.336. The van der Waals surface area contributed by atoms with Gasteiger partial charge in [0.2, 0.25) is 5.44 Å². The summed E-state index contributed by atoms with van der Waals surface area (Å²) >= 11 is 4.18. The Labute approximate surface area is 135 Å². The fourth-order valence-corrected chi connectivity index (χ4v) is 2.41. The van der Waals surface area contributed by atoms with Crippen molar-refractivity contribution >= 4 is 29.4 Å². The number of hydrogen-bond acceptors (Lipinski definition) is 5. The fourth-order valence-electron chi connectivity index (χ4n) is 2.20. The number of ether oxygens (including phenoxy) is 2. The molecule has 0 saturated heterocycles. The summed E-state index contributed by atoms with van der Waals surface area (Å²) in [5, 5.41) is 3.62. The number of aryl methyl sites for hydroxylation is 1. The SMILES string of the molecule is CCNC(=O)C(S)Oc1cc(C)c2ncc(COC)cc2c1. The van der Waals surface area contributed by atoms with Crippen LogP contribution >= 0.6 is 12.6 Å². The minimum atomic E-state index is -0.841. The van der Waals surface area contributed by atoms with Gasteiger partial charge in [-0.05, 0) is 43.2 Å². The molecule has 2 rings (SSSR count). The number of nitrogens with one attached hydrogen (secondary N) is 1. The van der Waals surface area contributed by atoms with E-state index in [1.165, 1.54) is 0 Å². The third kappa shape index (κ3) is 3.90. The van der Waals surface area contributed by atoms with Gasteiger partial charge < -0.3 is 14.8 Å². The van der Waals surface area contributed by atoms with Gasteiger partial charge in [0.1, 0.15) is 5.75 Å². The van der Waals surface area contributed by atoms with Crippen LogP contribution in [-0.2, 0) is 16.1 Å². The molecule has 1 atom stereocenters. The Hall–Kier alpha value is -1.79. The van der Waals surface area contributed by atoms with Gasteiger partial charge in [-0.15, -0.1) is 12.6 Å². The molecule has 0 aliphatic heterocycles. The van der Waals surface area contributed by atoms with Crippen LogP contribution in [0.1, 0.15) is 18.1 Å². The van der Waals surface area contributed by atoms with Crippen molar-refractivity contribution in [3.8, 4) is 5.75 Å². The number of likely N-dealkylation sites (N-methyl/N-ethyl adjacent to an activating group) is 1. The number of nitrogens with zero attached hydrogens (tertiary/aromatic N) is 1. The molecule has 0 bridgehead atoms. The predicted molar refractivity (Wildman–Crippen MR) is 89.3 cm³/mol. The van der Waals surface area contributed by atoms with Gasteiger partial charge in [0.25, 0.3) is 5.91 Å². The Morgan fingerprint density at radius 2 is 2.18 bits per heavy atom. The Kier molecular flexibility index (Phi) is 5.63. The first-order valence-electron chi connectivity index (χ1n) is 7.05. The van der Waals surface area contributed by atoms with E-state index in [2.05, 4.69) is 22.9 Å². The number of pyridine rings is 1. The zero-order valence-corrected chi connectivity index (χ0v) is 13.8. The second kappa shape index (κ2) is 7.47. The molecular formula is C16H20N2O3S. The van der Waals surface area contributed by atoms with Crippen LogP contribution in [0.5, 0.6) is 5.75 Å². The van der Waals surface area contributed by atoms with E-state index in [0.717, 1.165) is 22.0 Å². The third-order valence-electron chi connectivity index (χ3n) is 3.14. The number of fused-ring (bicyclic) bond motifs is 1. The summed E-state index contributed by atoms with van der Waals surface area (Å²) < 4.78 is 10.7. The Morgan fingerprint density at radius 1 is 1.41 bits per heavy atom. The standard InChI is InChI=1S/C16H20N2O3S/c1-4-17-15(19)16(22)21-13-5-10(2)14-12(7-13)6-11(8-18-14)9-20-3/h5-8,16,22H,4,9H2,1-3H3,(H,17,19). The van der Waals surface area contributed by atoms with E-state index in [4.69, 9.17) is 9.47 Å². The molecule has 1 aromatic carbocycles. The van der Waals surface area contributed by atoms with Gasteiger partial charge in [0.05, 0.1) is 12.1 Å². The highest BCUT2D eigenvalue weighted by atomic mass is 32.1. The highest BCUT2D eigenvalue weighted by molar-refractivity contribution is 7.81. The highest BCUT2D eigenvalue weighted by Crippen LogP contribution is 2.25. The lowest BCUT2D eigenvalue weighted by Crippen LogP contribution is -2.34. The largest absolute Gasteiger partial charge is 0.470 e. The predicted octanol–water partition coefficient (Wildman–Crippen LogP) is 2.46. The molecular weight excluding hydrogens is 300 g/mol. The zero-order chi connectivity index (χ0) is 16.1. The molecule has 0 fully saturated rings. The number of carbonyl (C=O) groups is 1. The molecule has 1 heterocycles. The van der Waals surface area contributed by atoms with Crippen molar-refractivity contribution in [2.45, 2.75) is 25.9 Å². The van der Waals surface area contributed by atoms with Crippen molar-refractivity contribution in [3.63, 3.8) is 0 Å². The number of rotatable bonds is 6. The van der Waals surface area contributed by atoms with Crippen LogP contribution in [0.4, 0.5) is 0 Å². The minimum Gasteiger partial charge on any atom is -0.470 e. The number of carbonyl (C=O) groups excluding carboxylic acids is 1. The number of benzene rings is 1. The quantitative estimate of drug-likeness (QED) is 0.634. The summed E-state index contributed by atoms with van der Waals surface area (Å²) in [4.78, 5) is 16.1. The number of hydrogen-bond donors (Lipinski definition) is 2. The number of amides is 1. The lowest BCUT2D eigenvalue weighted by atomic mass is 10.1. The molecule has 0 aliphatic rings. The summed E-state index contributed by atoms with van der Waals surface area (Å²) in [6, 6.07) is 5.72. The van der Waals surface area contributed by atoms with Crippen LogP contribution in [0.3, 0.4) is 0 Å². The Bertz CT molecular complexity index is 676. The molecule has 0 spiro atoms. The van der Waals surface area contributed by atoms with Crippen LogP contribution in [-0.4, -0.2) is 30.0 Å². The molecule has 5 nitrogen and oxygen atoms in total. The molecule has 1 aromatic heterocycles. The Balaban J connectivity index is 2.29. The van der Waals surface area contributed by atoms with Gasteiger partial charge in [-0.2, -0.15) is 0 Å². The lowest BCUT2D eigenvalue weighted by Gasteiger charge is -2.14. The fraction of sp³-hybridized carbons (Fsp3) is 0.375. The van der Waals surface area contributed by atoms with Crippen LogP contribution in [0.25, 0.3) is 10.9 Å². The molecule has 2 aromatic rings. The molecule has 118 valence electrons. The maximum Gasteiger partial charge on any atom is 0.271 e. The first kappa shape index (κ1) is 16.6. The van der Waals surface area contributed by atoms with Crippen molar-refractivity contribution in [1.29, 1.82) is 0 Å². The summed E-state index contributed by atoms with van der Waals surface area (Å²) in [7, 11) is 1.65. The number of thiol groups is 1. The monoisotopic (exact) mass is 320 g/mol. The molecule has 6 heteroatoms. The first-order chi connectivity index (χ1) is 10.5. The van der Waals surface area contributed by atoms with E-state index in [1.807, 2.05) is 32.0 Å². The lowest BCUT2D eigenvalue weighted by molar-refractivity contribution is -0.124. The van der Waals surface area contributed by atoms with Gasteiger partial charge in [0.15, 0.2) is 0 Å². The summed E-state index contributed by atoms with van der Waals surface area (Å²) in [5.41, 5.74) is 2.03. The maximum absolute atomic E-state index is 11.7. The van der Waals surface area contributed by atoms with Gasteiger partial charge in [-0.3, -0.25) is 9.78 Å². The minimum absolute atomic E-state index is 0.255. The molecule has 0 saturated carbocycles. The van der Waals surface area contributed by atoms with Crippen LogP contribution in [0.15, 0.2) is 24.4 Å². The Morgan fingerprint density at radius 3 is 2.86 bits per heavy atom. The van der Waals surface area contributed by atoms with Gasteiger partial charge in [0, 0.05) is 25.2 Å². The van der Waals surface area contributed by atoms with Crippen LogP contribution in [0.2, 0.25) is 0 Å². The molecule has 1 amide bonds. The van der Waals surface area contributed by atoms with Gasteiger partial charge >= 0.3 is 0 Å². The molecule has 1 N–H and O–H groups in total. The summed E-state index contributed by atoms with van der Waals surface area (Å²) in [6.45, 7) is 4.85. The van der Waals surface area contributed by atoms with Crippen molar-refractivity contribution in [2.24, 2.45) is 0 Å². The molecule has 22 heavy (non-hydrogen) atoms. The topological polar surface area (TPSA) is 60.5 Å². The first-order valence-corrected chi connectivity index (χ1v) is 7.57. The van der Waals surface area contributed by atoms with Crippen molar-refractivity contribution in [1.82, 2.24) is 10.3 Å². The maximum atomic E-state index is 11.7. The van der Waals surface area contributed by atoms with Gasteiger partial charge in [-0.25, -0.2) is 0 Å². The average molecular weight is 320 g/mol. The van der Waals surface area contributed by atoms with E-state index in [1.54, 1.807) is 13.3 Å². The average Bonchev–Trinajstić information content (AvgIpc) is 2.47. The normalized spacial score (nSPS) is 12.2. The smallest absolute Gasteiger partial charge is 0.271 e. The second-order valence-corrected chi connectivity index (χ2v) is 5.42. The summed E-state index contributed by atoms with van der Waals surface area (Å²) in [6.07, 6.45) is 1.80. The van der Waals surface area contributed by atoms with Crippen LogP contribution < -0.4 is 10.1 Å². The van der Waals surface area contributed by atoms with E-state index in [0.29, 0.717) is 18.9 Å². The van der Waals surface area contributed by atoms with Crippen LogP contribution in [0, 0.1) is 6.92 Å².